The first-order valence-corrected chi connectivity index (χ1v) is 5.90. The fourth-order valence-corrected chi connectivity index (χ4v) is 2.95. The molecule has 2 aliphatic rings. The van der Waals surface area contributed by atoms with Gasteiger partial charge in [-0.25, -0.2) is 0 Å². The highest BCUT2D eigenvalue weighted by Gasteiger charge is 2.37. The van der Waals surface area contributed by atoms with Crippen LogP contribution in [0, 0.1) is 17.8 Å². The average molecular weight is 212 g/mol. The van der Waals surface area contributed by atoms with E-state index in [0.717, 1.165) is 45.5 Å². The molecular weight excluding hydrogens is 192 g/mol. The minimum absolute atomic E-state index is 0.300. The summed E-state index contributed by atoms with van der Waals surface area (Å²) in [6.45, 7) is 2.41. The van der Waals surface area contributed by atoms with Gasteiger partial charge in [0.25, 0.3) is 0 Å². The Hall–Kier alpha value is -0.410. The standard InChI is InChI=1S/C12H20O3/c1-14-8-9-6-11(12(13)7-9)10-2-4-15-5-3-10/h9-11H,2-8H2,1H3. The predicted molar refractivity (Wildman–Crippen MR) is 56.6 cm³/mol. The second-order valence-electron chi connectivity index (χ2n) is 4.78. The van der Waals surface area contributed by atoms with E-state index in [2.05, 4.69) is 0 Å². The molecule has 0 aromatic carbocycles. The van der Waals surface area contributed by atoms with E-state index < -0.39 is 0 Å². The van der Waals surface area contributed by atoms with E-state index in [1.807, 2.05) is 0 Å². The summed E-state index contributed by atoms with van der Waals surface area (Å²) in [7, 11) is 1.71. The van der Waals surface area contributed by atoms with Gasteiger partial charge in [0.2, 0.25) is 0 Å². The van der Waals surface area contributed by atoms with Crippen LogP contribution in [0.3, 0.4) is 0 Å². The van der Waals surface area contributed by atoms with Crippen molar-refractivity contribution in [3.8, 4) is 0 Å². The molecule has 3 heteroatoms. The van der Waals surface area contributed by atoms with Crippen LogP contribution in [0.1, 0.15) is 25.7 Å². The summed E-state index contributed by atoms with van der Waals surface area (Å²) in [5, 5.41) is 0. The largest absolute Gasteiger partial charge is 0.384 e. The van der Waals surface area contributed by atoms with Crippen molar-refractivity contribution in [1.82, 2.24) is 0 Å². The lowest BCUT2D eigenvalue weighted by Gasteiger charge is -2.26. The molecule has 1 heterocycles. The number of carbonyl (C=O) groups excluding carboxylic acids is 1. The van der Waals surface area contributed by atoms with Crippen LogP contribution in [-0.4, -0.2) is 32.7 Å². The molecule has 15 heavy (non-hydrogen) atoms. The Bertz CT molecular complexity index is 221. The van der Waals surface area contributed by atoms with Gasteiger partial charge in [0.1, 0.15) is 5.78 Å². The van der Waals surface area contributed by atoms with E-state index in [0.29, 0.717) is 23.5 Å². The van der Waals surface area contributed by atoms with Crippen molar-refractivity contribution < 1.29 is 14.3 Å². The van der Waals surface area contributed by atoms with Crippen LogP contribution < -0.4 is 0 Å². The fraction of sp³-hybridized carbons (Fsp3) is 0.917. The Kier molecular flexibility index (Phi) is 3.76. The molecule has 1 saturated carbocycles. The topological polar surface area (TPSA) is 35.5 Å². The lowest BCUT2D eigenvalue weighted by molar-refractivity contribution is -0.123. The second-order valence-corrected chi connectivity index (χ2v) is 4.78. The van der Waals surface area contributed by atoms with Crippen molar-refractivity contribution in [3.63, 3.8) is 0 Å². The van der Waals surface area contributed by atoms with Crippen LogP contribution >= 0.6 is 0 Å². The monoisotopic (exact) mass is 212 g/mol. The molecule has 86 valence electrons. The highest BCUT2D eigenvalue weighted by Crippen LogP contribution is 2.37. The molecule has 2 atom stereocenters. The average Bonchev–Trinajstić information content (AvgIpc) is 2.61. The highest BCUT2D eigenvalue weighted by molar-refractivity contribution is 5.83. The molecule has 0 spiro atoms. The molecule has 0 amide bonds. The van der Waals surface area contributed by atoms with E-state index in [4.69, 9.17) is 9.47 Å². The summed E-state index contributed by atoms with van der Waals surface area (Å²) in [5.74, 6) is 1.81. The van der Waals surface area contributed by atoms with E-state index in [9.17, 15) is 4.79 Å². The third-order valence-corrected chi connectivity index (χ3v) is 3.73. The van der Waals surface area contributed by atoms with Crippen LogP contribution in [0.4, 0.5) is 0 Å². The fourth-order valence-electron chi connectivity index (χ4n) is 2.95. The van der Waals surface area contributed by atoms with Crippen molar-refractivity contribution in [3.05, 3.63) is 0 Å². The maximum absolute atomic E-state index is 11.9. The first-order valence-electron chi connectivity index (χ1n) is 5.90. The van der Waals surface area contributed by atoms with Crippen LogP contribution in [0.2, 0.25) is 0 Å². The van der Waals surface area contributed by atoms with Gasteiger partial charge in [0.05, 0.1) is 0 Å². The predicted octanol–water partition coefficient (Wildman–Crippen LogP) is 1.65. The zero-order chi connectivity index (χ0) is 10.7. The number of rotatable bonds is 3. The third kappa shape index (κ3) is 2.58. The van der Waals surface area contributed by atoms with E-state index >= 15 is 0 Å². The molecule has 2 unspecified atom stereocenters. The smallest absolute Gasteiger partial charge is 0.136 e. The number of ketones is 1. The number of methoxy groups -OCH3 is 1. The maximum atomic E-state index is 11.9. The molecular formula is C12H20O3. The molecule has 2 rings (SSSR count). The normalized spacial score (nSPS) is 33.5. The molecule has 2 fully saturated rings. The summed E-state index contributed by atoms with van der Waals surface area (Å²) in [5.41, 5.74) is 0. The number of hydrogen-bond donors (Lipinski definition) is 0. The van der Waals surface area contributed by atoms with Crippen molar-refractivity contribution in [2.24, 2.45) is 17.8 Å². The van der Waals surface area contributed by atoms with E-state index in [1.165, 1.54) is 0 Å². The SMILES string of the molecule is COCC1CC(=O)C(C2CCOCC2)C1. The van der Waals surface area contributed by atoms with Gasteiger partial charge in [0.15, 0.2) is 0 Å². The number of carbonyl (C=O) groups is 1. The molecule has 0 N–H and O–H groups in total. The van der Waals surface area contributed by atoms with Crippen molar-refractivity contribution in [1.29, 1.82) is 0 Å². The Balaban J connectivity index is 1.89. The minimum atomic E-state index is 0.300. The number of Topliss-reactive ketones (excluding diaryl/α,β-unsaturated/α-hetero) is 1. The van der Waals surface area contributed by atoms with Crippen LogP contribution in [-0.2, 0) is 14.3 Å². The lowest BCUT2D eigenvalue weighted by atomic mass is 9.84. The van der Waals surface area contributed by atoms with Gasteiger partial charge in [-0.15, -0.1) is 0 Å². The second kappa shape index (κ2) is 5.08. The van der Waals surface area contributed by atoms with Gasteiger partial charge < -0.3 is 9.47 Å². The lowest BCUT2D eigenvalue weighted by Crippen LogP contribution is -2.25. The van der Waals surface area contributed by atoms with Crippen molar-refractivity contribution in [2.75, 3.05) is 26.9 Å². The quantitative estimate of drug-likeness (QED) is 0.713. The highest BCUT2D eigenvalue weighted by atomic mass is 16.5. The Labute approximate surface area is 91.1 Å². The molecule has 0 bridgehead atoms. The van der Waals surface area contributed by atoms with Gasteiger partial charge in [-0.05, 0) is 31.1 Å². The summed E-state index contributed by atoms with van der Waals surface area (Å²) < 4.78 is 10.5. The van der Waals surface area contributed by atoms with Crippen molar-refractivity contribution >= 4 is 5.78 Å². The molecule has 0 aromatic rings. The first-order chi connectivity index (χ1) is 7.31. The van der Waals surface area contributed by atoms with Gasteiger partial charge in [-0.1, -0.05) is 0 Å². The van der Waals surface area contributed by atoms with Gasteiger partial charge in [-0.3, -0.25) is 4.79 Å². The summed E-state index contributed by atoms with van der Waals surface area (Å²) >= 11 is 0. The van der Waals surface area contributed by atoms with E-state index in [-0.39, 0.29) is 0 Å². The molecule has 3 nitrogen and oxygen atoms in total. The molecule has 0 radical (unpaired) electrons. The van der Waals surface area contributed by atoms with Gasteiger partial charge >= 0.3 is 0 Å². The maximum Gasteiger partial charge on any atom is 0.136 e. The minimum Gasteiger partial charge on any atom is -0.384 e. The Morgan fingerprint density at radius 3 is 2.80 bits per heavy atom. The Morgan fingerprint density at radius 1 is 1.40 bits per heavy atom. The van der Waals surface area contributed by atoms with Crippen LogP contribution in [0.15, 0.2) is 0 Å². The zero-order valence-corrected chi connectivity index (χ0v) is 9.41. The molecule has 1 aliphatic heterocycles. The third-order valence-electron chi connectivity index (χ3n) is 3.73. The number of ether oxygens (including phenoxy) is 2. The molecule has 1 saturated heterocycles. The van der Waals surface area contributed by atoms with E-state index in [1.54, 1.807) is 7.11 Å². The summed E-state index contributed by atoms with van der Waals surface area (Å²) in [6, 6.07) is 0. The molecule has 1 aliphatic carbocycles. The van der Waals surface area contributed by atoms with Gasteiger partial charge in [-0.2, -0.15) is 0 Å². The van der Waals surface area contributed by atoms with Crippen LogP contribution in [0.25, 0.3) is 0 Å². The summed E-state index contributed by atoms with van der Waals surface area (Å²) in [6.07, 6.45) is 3.90. The zero-order valence-electron chi connectivity index (χ0n) is 9.41. The van der Waals surface area contributed by atoms with Gasteiger partial charge in [0, 0.05) is 39.3 Å². The van der Waals surface area contributed by atoms with Crippen molar-refractivity contribution in [2.45, 2.75) is 25.7 Å². The number of hydrogen-bond acceptors (Lipinski definition) is 3. The molecule has 0 aromatic heterocycles. The first kappa shape index (κ1) is 11.1. The summed E-state index contributed by atoms with van der Waals surface area (Å²) in [4.78, 5) is 11.9. The van der Waals surface area contributed by atoms with Crippen LogP contribution in [0.5, 0.6) is 0 Å². The Morgan fingerprint density at radius 2 is 2.13 bits per heavy atom.